The maximum atomic E-state index is 9.78. The third-order valence-corrected chi connectivity index (χ3v) is 4.09. The first-order valence-corrected chi connectivity index (χ1v) is 7.53. The van der Waals surface area contributed by atoms with E-state index in [0.29, 0.717) is 15.6 Å². The highest BCUT2D eigenvalue weighted by Gasteiger charge is 2.46. The molecular weight excluding hydrogens is 329 g/mol. The molecule has 1 aromatic carbocycles. The lowest BCUT2D eigenvalue weighted by Gasteiger charge is -2.29. The van der Waals surface area contributed by atoms with Gasteiger partial charge in [-0.05, 0) is 19.1 Å². The maximum absolute atomic E-state index is 9.78. The van der Waals surface area contributed by atoms with E-state index in [9.17, 15) is 5.11 Å². The van der Waals surface area contributed by atoms with E-state index < -0.39 is 18.0 Å². The Morgan fingerprint density at radius 3 is 2.91 bits per heavy atom. The number of aromatic nitrogens is 3. The second-order valence-electron chi connectivity index (χ2n) is 5.18. The molecule has 1 N–H and O–H groups in total. The monoisotopic (exact) mass is 343 g/mol. The lowest BCUT2D eigenvalue weighted by atomic mass is 10.1. The van der Waals surface area contributed by atoms with Gasteiger partial charge < -0.3 is 14.6 Å². The number of halogens is 2. The fourth-order valence-corrected chi connectivity index (χ4v) is 2.95. The topological polar surface area (TPSA) is 69.4 Å². The van der Waals surface area contributed by atoms with Gasteiger partial charge in [0.1, 0.15) is 25.3 Å². The summed E-state index contributed by atoms with van der Waals surface area (Å²) in [5, 5.41) is 14.8. The van der Waals surface area contributed by atoms with Crippen LogP contribution < -0.4 is 0 Å². The van der Waals surface area contributed by atoms with E-state index in [4.69, 9.17) is 32.7 Å². The Labute approximate surface area is 137 Å². The molecule has 3 atom stereocenters. The van der Waals surface area contributed by atoms with Gasteiger partial charge in [0.15, 0.2) is 0 Å². The van der Waals surface area contributed by atoms with Gasteiger partial charge in [-0.1, -0.05) is 29.3 Å². The van der Waals surface area contributed by atoms with E-state index in [1.807, 2.05) is 0 Å². The van der Waals surface area contributed by atoms with Gasteiger partial charge >= 0.3 is 0 Å². The Morgan fingerprint density at radius 1 is 1.50 bits per heavy atom. The fourth-order valence-electron chi connectivity index (χ4n) is 2.40. The predicted molar refractivity (Wildman–Crippen MR) is 80.7 cm³/mol. The molecule has 2 aromatic rings. The molecule has 22 heavy (non-hydrogen) atoms. The first kappa shape index (κ1) is 15.7. The minimum absolute atomic E-state index is 0.255. The molecule has 0 aliphatic carbocycles. The largest absolute Gasteiger partial charge is 0.391 e. The highest BCUT2D eigenvalue weighted by molar-refractivity contribution is 6.35. The smallest absolute Gasteiger partial charge is 0.217 e. The third-order valence-electron chi connectivity index (χ3n) is 3.54. The molecule has 3 unspecified atom stereocenters. The van der Waals surface area contributed by atoms with Crippen LogP contribution in [-0.2, 0) is 21.8 Å². The number of ether oxygens (including phenoxy) is 2. The minimum Gasteiger partial charge on any atom is -0.391 e. The molecule has 8 heteroatoms. The van der Waals surface area contributed by atoms with Crippen LogP contribution in [0.25, 0.3) is 0 Å². The number of hydrogen-bond donors (Lipinski definition) is 1. The van der Waals surface area contributed by atoms with Gasteiger partial charge in [0.25, 0.3) is 0 Å². The molecule has 1 saturated heterocycles. The molecule has 1 aromatic heterocycles. The van der Waals surface area contributed by atoms with Crippen molar-refractivity contribution in [2.75, 3.05) is 6.61 Å². The second-order valence-corrected chi connectivity index (χ2v) is 6.02. The van der Waals surface area contributed by atoms with E-state index in [2.05, 4.69) is 10.1 Å². The van der Waals surface area contributed by atoms with Crippen molar-refractivity contribution in [2.45, 2.75) is 31.5 Å². The van der Waals surface area contributed by atoms with Crippen LogP contribution in [0.15, 0.2) is 30.9 Å². The average molecular weight is 344 g/mol. The van der Waals surface area contributed by atoms with Crippen molar-refractivity contribution < 1.29 is 14.6 Å². The van der Waals surface area contributed by atoms with E-state index in [0.717, 1.165) is 0 Å². The quantitative estimate of drug-likeness (QED) is 0.921. The first-order valence-electron chi connectivity index (χ1n) is 6.78. The zero-order chi connectivity index (χ0) is 15.7. The van der Waals surface area contributed by atoms with Crippen LogP contribution in [0.1, 0.15) is 12.5 Å². The summed E-state index contributed by atoms with van der Waals surface area (Å²) in [4.78, 5) is 3.92. The first-order chi connectivity index (χ1) is 10.5. The Bertz CT molecular complexity index is 651. The molecular formula is C14H15Cl2N3O3. The van der Waals surface area contributed by atoms with Crippen molar-refractivity contribution in [1.82, 2.24) is 14.8 Å². The van der Waals surface area contributed by atoms with Gasteiger partial charge in [-0.15, -0.1) is 0 Å². The predicted octanol–water partition coefficient (Wildman–Crippen LogP) is 2.23. The van der Waals surface area contributed by atoms with Crippen LogP contribution in [0, 0.1) is 0 Å². The van der Waals surface area contributed by atoms with Crippen molar-refractivity contribution in [3.63, 3.8) is 0 Å². The summed E-state index contributed by atoms with van der Waals surface area (Å²) in [5.74, 6) is -1.14. The molecule has 3 rings (SSSR count). The molecule has 0 amide bonds. The Hall–Kier alpha value is -1.18. The molecule has 1 aliphatic heterocycles. The molecule has 1 fully saturated rings. The zero-order valence-electron chi connectivity index (χ0n) is 11.8. The van der Waals surface area contributed by atoms with Gasteiger partial charge in [0.2, 0.25) is 5.79 Å². The normalized spacial score (nSPS) is 26.3. The van der Waals surface area contributed by atoms with Crippen LogP contribution in [0.2, 0.25) is 10.0 Å². The standard InChI is InChI=1S/C14H15Cl2N3O3/c1-9(20)13-5-21-14(22-13,6-19-8-17-7-18-19)11-3-2-10(15)4-12(11)16/h2-4,7-9,13,20H,5-6H2,1H3. The van der Waals surface area contributed by atoms with Gasteiger partial charge in [-0.25, -0.2) is 9.67 Å². The van der Waals surface area contributed by atoms with Crippen LogP contribution in [0.3, 0.4) is 0 Å². The minimum atomic E-state index is -1.14. The third kappa shape index (κ3) is 2.98. The molecule has 118 valence electrons. The van der Waals surface area contributed by atoms with E-state index in [1.54, 1.807) is 36.1 Å². The van der Waals surface area contributed by atoms with Gasteiger partial charge in [-0.3, -0.25) is 0 Å². The van der Waals surface area contributed by atoms with Crippen molar-refractivity contribution >= 4 is 23.2 Å². The number of hydrogen-bond acceptors (Lipinski definition) is 5. The van der Waals surface area contributed by atoms with Crippen LogP contribution in [0.5, 0.6) is 0 Å². The number of nitrogens with zero attached hydrogens (tertiary/aromatic N) is 3. The van der Waals surface area contributed by atoms with Gasteiger partial charge in [0, 0.05) is 10.6 Å². The van der Waals surface area contributed by atoms with E-state index in [1.165, 1.54) is 6.33 Å². The number of aliphatic hydroxyl groups is 1. The van der Waals surface area contributed by atoms with Crippen molar-refractivity contribution in [1.29, 1.82) is 0 Å². The Balaban J connectivity index is 1.99. The van der Waals surface area contributed by atoms with Crippen LogP contribution in [0.4, 0.5) is 0 Å². The van der Waals surface area contributed by atoms with E-state index >= 15 is 0 Å². The lowest BCUT2D eigenvalue weighted by Crippen LogP contribution is -2.36. The highest BCUT2D eigenvalue weighted by Crippen LogP contribution is 2.40. The summed E-state index contributed by atoms with van der Waals surface area (Å²) in [5.41, 5.74) is 0.636. The zero-order valence-corrected chi connectivity index (χ0v) is 13.3. The van der Waals surface area contributed by atoms with E-state index in [-0.39, 0.29) is 13.2 Å². The average Bonchev–Trinajstić information content (AvgIpc) is 3.09. The Kier molecular flexibility index (Phi) is 4.38. The lowest BCUT2D eigenvalue weighted by molar-refractivity contribution is -0.196. The van der Waals surface area contributed by atoms with Gasteiger partial charge in [0.05, 0.1) is 17.7 Å². The van der Waals surface area contributed by atoms with Crippen LogP contribution >= 0.6 is 23.2 Å². The maximum Gasteiger partial charge on any atom is 0.217 e. The number of aliphatic hydroxyl groups excluding tert-OH is 1. The van der Waals surface area contributed by atoms with Crippen LogP contribution in [-0.4, -0.2) is 38.7 Å². The summed E-state index contributed by atoms with van der Waals surface area (Å²) >= 11 is 12.3. The summed E-state index contributed by atoms with van der Waals surface area (Å²) in [6, 6.07) is 5.10. The molecule has 0 spiro atoms. The molecule has 0 bridgehead atoms. The number of rotatable bonds is 4. The summed E-state index contributed by atoms with van der Waals surface area (Å²) < 4.78 is 13.5. The van der Waals surface area contributed by atoms with Crippen molar-refractivity contribution in [3.8, 4) is 0 Å². The van der Waals surface area contributed by atoms with Crippen molar-refractivity contribution in [2.24, 2.45) is 0 Å². The number of benzene rings is 1. The summed E-state index contributed by atoms with van der Waals surface area (Å²) in [7, 11) is 0. The molecule has 2 heterocycles. The highest BCUT2D eigenvalue weighted by atomic mass is 35.5. The molecule has 0 radical (unpaired) electrons. The summed E-state index contributed by atoms with van der Waals surface area (Å²) in [6.45, 7) is 2.17. The van der Waals surface area contributed by atoms with Gasteiger partial charge in [-0.2, -0.15) is 5.10 Å². The van der Waals surface area contributed by atoms with Crippen molar-refractivity contribution in [3.05, 3.63) is 46.5 Å². The second kappa shape index (κ2) is 6.14. The fraction of sp³-hybridized carbons (Fsp3) is 0.429. The SMILES string of the molecule is CC(O)C1COC(Cn2cncn2)(c2ccc(Cl)cc2Cl)O1. The molecule has 1 aliphatic rings. The Morgan fingerprint density at radius 2 is 2.32 bits per heavy atom. The molecule has 0 saturated carbocycles. The molecule has 6 nitrogen and oxygen atoms in total. The summed E-state index contributed by atoms with van der Waals surface area (Å²) in [6.07, 6.45) is 1.88.